The third-order valence-electron chi connectivity index (χ3n) is 1.69. The van der Waals surface area contributed by atoms with E-state index in [0.717, 1.165) is 0 Å². The Bertz CT molecular complexity index is 340. The van der Waals surface area contributed by atoms with Crippen LogP contribution in [-0.4, -0.2) is 12.3 Å². The number of alkyl halides is 2. The normalized spacial score (nSPS) is 17.7. The summed E-state index contributed by atoms with van der Waals surface area (Å²) < 4.78 is 24.7. The summed E-state index contributed by atoms with van der Waals surface area (Å²) in [5.74, 6) is 0.315. The van der Waals surface area contributed by atoms with E-state index in [0.29, 0.717) is 17.1 Å². The van der Waals surface area contributed by atoms with E-state index < -0.39 is 6.43 Å². The second-order valence-corrected chi connectivity index (χ2v) is 2.83. The van der Waals surface area contributed by atoms with Gasteiger partial charge in [-0.05, 0) is 13.0 Å². The molecule has 0 saturated carbocycles. The molecule has 0 spiro atoms. The van der Waals surface area contributed by atoms with Crippen molar-refractivity contribution in [1.82, 2.24) is 5.32 Å². The van der Waals surface area contributed by atoms with Crippen molar-refractivity contribution < 1.29 is 8.78 Å². The monoisotopic (exact) mass is 199 g/mol. The van der Waals surface area contributed by atoms with Crippen LogP contribution in [0.15, 0.2) is 40.8 Å². The minimum Gasteiger partial charge on any atom is -0.404 e. The molecule has 0 aromatic rings. The second-order valence-electron chi connectivity index (χ2n) is 2.83. The molecule has 0 bridgehead atoms. The minimum absolute atomic E-state index is 0.301. The highest BCUT2D eigenvalue weighted by molar-refractivity contribution is 6.00. The molecule has 14 heavy (non-hydrogen) atoms. The molecule has 1 heterocycles. The van der Waals surface area contributed by atoms with E-state index in [1.165, 1.54) is 12.3 Å². The number of aliphatic imine (C=N–C) groups is 1. The molecular weight excluding hydrogens is 188 g/mol. The maximum Gasteiger partial charge on any atom is 0.280 e. The van der Waals surface area contributed by atoms with Gasteiger partial charge in [0.15, 0.2) is 0 Å². The smallest absolute Gasteiger partial charge is 0.280 e. The highest BCUT2D eigenvalue weighted by atomic mass is 19.3. The zero-order valence-electron chi connectivity index (χ0n) is 7.72. The summed E-state index contributed by atoms with van der Waals surface area (Å²) in [6.07, 6.45) is -0.0969. The molecule has 0 aromatic heterocycles. The maximum atomic E-state index is 12.3. The Morgan fingerprint density at radius 3 is 2.86 bits per heavy atom. The van der Waals surface area contributed by atoms with Crippen LogP contribution in [0.3, 0.4) is 0 Å². The van der Waals surface area contributed by atoms with Gasteiger partial charge in [0.25, 0.3) is 6.43 Å². The molecule has 1 rings (SSSR count). The van der Waals surface area contributed by atoms with Crippen molar-refractivity contribution in [2.75, 3.05) is 0 Å². The number of nitrogens with zero attached hydrogens (tertiary/aromatic N) is 1. The minimum atomic E-state index is -2.60. The molecule has 0 unspecified atom stereocenters. The van der Waals surface area contributed by atoms with Gasteiger partial charge in [0.2, 0.25) is 0 Å². The summed E-state index contributed by atoms with van der Waals surface area (Å²) in [6.45, 7) is 5.22. The highest BCUT2D eigenvalue weighted by Crippen LogP contribution is 2.16. The van der Waals surface area contributed by atoms with Crippen molar-refractivity contribution in [3.05, 3.63) is 35.8 Å². The standard InChI is InChI=1S/C9H11F2N3/c1-5(4-12)9-13-6(2)3-7(14-9)8(10)11/h3-4,8H,2,12H2,1H3,(H,13,14). The number of halogens is 2. The number of hydrogen-bond acceptors (Lipinski definition) is 3. The average Bonchev–Trinajstić information content (AvgIpc) is 2.15. The molecule has 0 radical (unpaired) electrons. The van der Waals surface area contributed by atoms with Crippen LogP contribution < -0.4 is 11.1 Å². The molecule has 3 N–H and O–H groups in total. The fourth-order valence-electron chi connectivity index (χ4n) is 0.933. The first-order valence-corrected chi connectivity index (χ1v) is 3.98. The second kappa shape index (κ2) is 4.04. The van der Waals surface area contributed by atoms with Crippen LogP contribution in [0.4, 0.5) is 8.78 Å². The Labute approximate surface area is 80.7 Å². The summed E-state index contributed by atoms with van der Waals surface area (Å²) >= 11 is 0. The van der Waals surface area contributed by atoms with E-state index in [1.54, 1.807) is 6.92 Å². The van der Waals surface area contributed by atoms with E-state index in [1.807, 2.05) is 0 Å². The van der Waals surface area contributed by atoms with Crippen molar-refractivity contribution >= 4 is 5.84 Å². The lowest BCUT2D eigenvalue weighted by molar-refractivity contribution is 0.188. The SMILES string of the molecule is C=C1C=C(C(F)F)N=C(C(C)=CN)N1. The van der Waals surface area contributed by atoms with Crippen molar-refractivity contribution in [3.8, 4) is 0 Å². The molecule has 0 amide bonds. The summed E-state index contributed by atoms with van der Waals surface area (Å²) in [5, 5.41) is 2.75. The molecule has 5 heteroatoms. The largest absolute Gasteiger partial charge is 0.404 e. The van der Waals surface area contributed by atoms with E-state index >= 15 is 0 Å². The third kappa shape index (κ3) is 2.18. The fraction of sp³-hybridized carbons (Fsp3) is 0.222. The summed E-state index contributed by atoms with van der Waals surface area (Å²) in [5.41, 5.74) is 5.93. The van der Waals surface area contributed by atoms with Crippen molar-refractivity contribution in [2.45, 2.75) is 13.3 Å². The highest BCUT2D eigenvalue weighted by Gasteiger charge is 2.17. The van der Waals surface area contributed by atoms with Gasteiger partial charge < -0.3 is 11.1 Å². The van der Waals surface area contributed by atoms with Gasteiger partial charge in [-0.25, -0.2) is 13.8 Å². The number of hydrogen-bond donors (Lipinski definition) is 2. The summed E-state index contributed by atoms with van der Waals surface area (Å²) in [4.78, 5) is 3.71. The average molecular weight is 199 g/mol. The Morgan fingerprint density at radius 2 is 2.36 bits per heavy atom. The zero-order valence-corrected chi connectivity index (χ0v) is 7.72. The van der Waals surface area contributed by atoms with E-state index in [9.17, 15) is 8.78 Å². The lowest BCUT2D eigenvalue weighted by Crippen LogP contribution is -2.27. The van der Waals surface area contributed by atoms with Gasteiger partial charge in [-0.2, -0.15) is 0 Å². The molecule has 0 aliphatic carbocycles. The van der Waals surface area contributed by atoms with Crippen molar-refractivity contribution in [2.24, 2.45) is 10.7 Å². The van der Waals surface area contributed by atoms with Crippen LogP contribution in [0.5, 0.6) is 0 Å². The van der Waals surface area contributed by atoms with Gasteiger partial charge in [-0.3, -0.25) is 0 Å². The third-order valence-corrected chi connectivity index (χ3v) is 1.69. The fourth-order valence-corrected chi connectivity index (χ4v) is 0.933. The van der Waals surface area contributed by atoms with Gasteiger partial charge in [-0.15, -0.1) is 0 Å². The number of amidine groups is 1. The van der Waals surface area contributed by atoms with Gasteiger partial charge in [-0.1, -0.05) is 6.58 Å². The van der Waals surface area contributed by atoms with Crippen LogP contribution in [0, 0.1) is 0 Å². The summed E-state index contributed by atoms with van der Waals surface area (Å²) in [7, 11) is 0. The van der Waals surface area contributed by atoms with Crippen LogP contribution in [0.2, 0.25) is 0 Å². The predicted molar refractivity (Wildman–Crippen MR) is 51.7 cm³/mol. The van der Waals surface area contributed by atoms with E-state index in [-0.39, 0.29) is 5.70 Å². The molecule has 1 aliphatic rings. The molecule has 0 aromatic carbocycles. The molecule has 76 valence electrons. The van der Waals surface area contributed by atoms with Crippen LogP contribution in [-0.2, 0) is 0 Å². The molecule has 0 fully saturated rings. The topological polar surface area (TPSA) is 50.4 Å². The Balaban J connectivity index is 3.01. The van der Waals surface area contributed by atoms with Crippen LogP contribution in [0.1, 0.15) is 6.92 Å². The van der Waals surface area contributed by atoms with E-state index in [2.05, 4.69) is 16.9 Å². The Hall–Kier alpha value is -1.65. The van der Waals surface area contributed by atoms with Gasteiger partial charge in [0.1, 0.15) is 11.5 Å². The number of nitrogens with one attached hydrogen (secondary N) is 1. The molecule has 0 atom stereocenters. The van der Waals surface area contributed by atoms with Crippen LogP contribution in [0.25, 0.3) is 0 Å². The molecule has 0 saturated heterocycles. The first-order valence-electron chi connectivity index (χ1n) is 3.98. The van der Waals surface area contributed by atoms with Gasteiger partial charge in [0, 0.05) is 17.5 Å². The Kier molecular flexibility index (Phi) is 3.01. The van der Waals surface area contributed by atoms with Gasteiger partial charge in [0.05, 0.1) is 0 Å². The number of rotatable bonds is 2. The number of allylic oxidation sites excluding steroid dienone is 2. The maximum absolute atomic E-state index is 12.3. The Morgan fingerprint density at radius 1 is 1.71 bits per heavy atom. The van der Waals surface area contributed by atoms with Gasteiger partial charge >= 0.3 is 0 Å². The first kappa shape index (κ1) is 10.4. The van der Waals surface area contributed by atoms with Crippen molar-refractivity contribution in [1.29, 1.82) is 0 Å². The van der Waals surface area contributed by atoms with Crippen molar-refractivity contribution in [3.63, 3.8) is 0 Å². The molecule has 1 aliphatic heterocycles. The van der Waals surface area contributed by atoms with E-state index in [4.69, 9.17) is 5.73 Å². The first-order chi connectivity index (χ1) is 6.54. The molecule has 3 nitrogen and oxygen atoms in total. The molecular formula is C9H11F2N3. The lowest BCUT2D eigenvalue weighted by atomic mass is 10.2. The predicted octanol–water partition coefficient (Wildman–Crippen LogP) is 1.51. The zero-order chi connectivity index (χ0) is 10.7. The van der Waals surface area contributed by atoms with Crippen LogP contribution >= 0.6 is 0 Å². The number of nitrogens with two attached hydrogens (primary N) is 1. The lowest BCUT2D eigenvalue weighted by Gasteiger charge is -2.16. The quantitative estimate of drug-likeness (QED) is 0.708. The summed E-state index contributed by atoms with van der Waals surface area (Å²) in [6, 6.07) is 0.